The fourth-order valence-corrected chi connectivity index (χ4v) is 2.65. The maximum Gasteiger partial charge on any atom is 0.128 e. The van der Waals surface area contributed by atoms with Crippen LogP contribution < -0.4 is 4.90 Å². The second-order valence-electron chi connectivity index (χ2n) is 5.46. The first-order valence-corrected chi connectivity index (χ1v) is 7.03. The third kappa shape index (κ3) is 2.21. The van der Waals surface area contributed by atoms with Gasteiger partial charge >= 0.3 is 0 Å². The number of rotatable bonds is 2. The van der Waals surface area contributed by atoms with Gasteiger partial charge in [0.25, 0.3) is 0 Å². The number of fused-ring (bicyclic) bond motifs is 1. The summed E-state index contributed by atoms with van der Waals surface area (Å²) in [6.45, 7) is 3.76. The second-order valence-corrected chi connectivity index (χ2v) is 5.46. The smallest absolute Gasteiger partial charge is 0.128 e. The van der Waals surface area contributed by atoms with Crippen molar-refractivity contribution < 1.29 is 4.39 Å². The molecule has 22 heavy (non-hydrogen) atoms. The van der Waals surface area contributed by atoms with E-state index in [9.17, 15) is 4.39 Å². The lowest BCUT2D eigenvalue weighted by Crippen LogP contribution is -2.11. The van der Waals surface area contributed by atoms with Gasteiger partial charge in [-0.05, 0) is 49.2 Å². The van der Waals surface area contributed by atoms with Crippen molar-refractivity contribution in [1.82, 2.24) is 4.98 Å². The van der Waals surface area contributed by atoms with Crippen molar-refractivity contribution >= 4 is 22.4 Å². The highest BCUT2D eigenvalue weighted by Crippen LogP contribution is 2.32. The van der Waals surface area contributed by atoms with Crippen LogP contribution >= 0.6 is 0 Å². The molecule has 0 aliphatic carbocycles. The van der Waals surface area contributed by atoms with Gasteiger partial charge in [0, 0.05) is 23.6 Å². The van der Waals surface area contributed by atoms with Crippen molar-refractivity contribution in [3.8, 4) is 6.07 Å². The Bertz CT molecular complexity index is 903. The largest absolute Gasteiger partial charge is 0.341 e. The van der Waals surface area contributed by atoms with Gasteiger partial charge in [-0.3, -0.25) is 0 Å². The third-order valence-corrected chi connectivity index (χ3v) is 4.04. The Balaban J connectivity index is 2.10. The standard InChI is InChI=1S/C18H16FN3/c1-11-4-6-14(9-16(11)19)22(3)18-12(2)15-7-5-13(10-20)8-17(15)21-18/h4-9,21H,1-3H3. The fourth-order valence-electron chi connectivity index (χ4n) is 2.65. The molecule has 0 saturated heterocycles. The highest BCUT2D eigenvalue weighted by atomic mass is 19.1. The van der Waals surface area contributed by atoms with E-state index in [-0.39, 0.29) is 5.82 Å². The molecule has 0 atom stereocenters. The number of nitrogens with zero attached hydrogens (tertiary/aromatic N) is 2. The molecule has 110 valence electrons. The van der Waals surface area contributed by atoms with Crippen LogP contribution in [0.25, 0.3) is 10.9 Å². The second kappa shape index (κ2) is 5.19. The molecule has 0 amide bonds. The van der Waals surface area contributed by atoms with Crippen molar-refractivity contribution in [3.63, 3.8) is 0 Å². The minimum absolute atomic E-state index is 0.218. The SMILES string of the molecule is Cc1ccc(N(C)c2[nH]c3cc(C#N)ccc3c2C)cc1F. The van der Waals surface area contributed by atoms with E-state index in [1.54, 1.807) is 19.1 Å². The van der Waals surface area contributed by atoms with E-state index in [0.717, 1.165) is 28.0 Å². The maximum absolute atomic E-state index is 13.8. The Kier molecular flexibility index (Phi) is 3.34. The predicted molar refractivity (Wildman–Crippen MR) is 87.0 cm³/mol. The van der Waals surface area contributed by atoms with Crippen LogP contribution in [0.4, 0.5) is 15.9 Å². The molecule has 1 heterocycles. The van der Waals surface area contributed by atoms with E-state index in [1.807, 2.05) is 37.1 Å². The van der Waals surface area contributed by atoms with E-state index < -0.39 is 0 Å². The van der Waals surface area contributed by atoms with E-state index in [1.165, 1.54) is 6.07 Å². The molecule has 0 bridgehead atoms. The summed E-state index contributed by atoms with van der Waals surface area (Å²) in [7, 11) is 1.90. The number of hydrogen-bond donors (Lipinski definition) is 1. The number of anilines is 2. The van der Waals surface area contributed by atoms with Crippen LogP contribution in [0.15, 0.2) is 36.4 Å². The number of hydrogen-bond acceptors (Lipinski definition) is 2. The average molecular weight is 293 g/mol. The lowest BCUT2D eigenvalue weighted by molar-refractivity contribution is 0.618. The van der Waals surface area contributed by atoms with Gasteiger partial charge < -0.3 is 9.88 Å². The Morgan fingerprint density at radius 2 is 1.91 bits per heavy atom. The minimum atomic E-state index is -0.218. The number of aryl methyl sites for hydroxylation is 2. The highest BCUT2D eigenvalue weighted by Gasteiger charge is 2.14. The molecule has 0 saturated carbocycles. The predicted octanol–water partition coefficient (Wildman–Crippen LogP) is 4.56. The normalized spacial score (nSPS) is 10.7. The molecular weight excluding hydrogens is 277 g/mol. The summed E-state index contributed by atoms with van der Waals surface area (Å²) in [5.74, 6) is 0.679. The summed E-state index contributed by atoms with van der Waals surface area (Å²) in [4.78, 5) is 5.24. The van der Waals surface area contributed by atoms with E-state index >= 15 is 0 Å². The molecule has 3 nitrogen and oxygen atoms in total. The van der Waals surface area contributed by atoms with Gasteiger partial charge in [0.05, 0.1) is 11.6 Å². The van der Waals surface area contributed by atoms with Crippen LogP contribution in [-0.2, 0) is 0 Å². The molecule has 0 radical (unpaired) electrons. The van der Waals surface area contributed by atoms with E-state index in [2.05, 4.69) is 11.1 Å². The van der Waals surface area contributed by atoms with Crippen LogP contribution in [0.2, 0.25) is 0 Å². The summed E-state index contributed by atoms with van der Waals surface area (Å²) in [5, 5.41) is 10.1. The van der Waals surface area contributed by atoms with Crippen molar-refractivity contribution in [2.75, 3.05) is 11.9 Å². The first kappa shape index (κ1) is 14.2. The Labute approximate surface area is 128 Å². The maximum atomic E-state index is 13.8. The molecule has 0 aliphatic rings. The van der Waals surface area contributed by atoms with Crippen LogP contribution in [0, 0.1) is 31.0 Å². The summed E-state index contributed by atoms with van der Waals surface area (Å²) in [6, 6.07) is 12.9. The van der Waals surface area contributed by atoms with Gasteiger partial charge in [-0.25, -0.2) is 4.39 Å². The Hall–Kier alpha value is -2.80. The molecule has 1 N–H and O–H groups in total. The minimum Gasteiger partial charge on any atom is -0.341 e. The molecule has 4 heteroatoms. The van der Waals surface area contributed by atoms with Gasteiger partial charge in [-0.15, -0.1) is 0 Å². The van der Waals surface area contributed by atoms with Crippen LogP contribution in [0.1, 0.15) is 16.7 Å². The first-order valence-electron chi connectivity index (χ1n) is 7.03. The monoisotopic (exact) mass is 293 g/mol. The molecule has 2 aromatic carbocycles. The van der Waals surface area contributed by atoms with Crippen LogP contribution in [0.5, 0.6) is 0 Å². The molecular formula is C18H16FN3. The highest BCUT2D eigenvalue weighted by molar-refractivity contribution is 5.90. The lowest BCUT2D eigenvalue weighted by Gasteiger charge is -2.19. The molecule has 0 fully saturated rings. The summed E-state index contributed by atoms with van der Waals surface area (Å²) in [5.41, 5.74) is 4.00. The zero-order valence-electron chi connectivity index (χ0n) is 12.7. The summed E-state index contributed by atoms with van der Waals surface area (Å²) < 4.78 is 13.8. The lowest BCUT2D eigenvalue weighted by atomic mass is 10.1. The number of halogens is 1. The van der Waals surface area contributed by atoms with Crippen LogP contribution in [0.3, 0.4) is 0 Å². The van der Waals surface area contributed by atoms with Gasteiger partial charge in [0.2, 0.25) is 0 Å². The number of H-pyrrole nitrogens is 1. The molecule has 3 aromatic rings. The first-order chi connectivity index (χ1) is 10.5. The van der Waals surface area contributed by atoms with Gasteiger partial charge in [0.1, 0.15) is 11.6 Å². The summed E-state index contributed by atoms with van der Waals surface area (Å²) >= 11 is 0. The van der Waals surface area contributed by atoms with Crippen molar-refractivity contribution in [1.29, 1.82) is 5.26 Å². The van der Waals surface area contributed by atoms with E-state index in [0.29, 0.717) is 11.1 Å². The number of aromatic nitrogens is 1. The van der Waals surface area contributed by atoms with Crippen LogP contribution in [-0.4, -0.2) is 12.0 Å². The zero-order valence-corrected chi connectivity index (χ0v) is 12.7. The molecule has 1 aromatic heterocycles. The molecule has 0 spiro atoms. The molecule has 0 aliphatic heterocycles. The number of aromatic amines is 1. The molecule has 3 rings (SSSR count). The fraction of sp³-hybridized carbons (Fsp3) is 0.167. The van der Waals surface area contributed by atoms with Crippen molar-refractivity contribution in [2.45, 2.75) is 13.8 Å². The van der Waals surface area contributed by atoms with Gasteiger partial charge in [-0.2, -0.15) is 5.26 Å². The Morgan fingerprint density at radius 3 is 2.59 bits per heavy atom. The van der Waals surface area contributed by atoms with Crippen molar-refractivity contribution in [3.05, 3.63) is 58.9 Å². The number of nitriles is 1. The van der Waals surface area contributed by atoms with Crippen molar-refractivity contribution in [2.24, 2.45) is 0 Å². The van der Waals surface area contributed by atoms with E-state index in [4.69, 9.17) is 5.26 Å². The van der Waals surface area contributed by atoms with Gasteiger partial charge in [-0.1, -0.05) is 12.1 Å². The third-order valence-electron chi connectivity index (χ3n) is 4.04. The average Bonchev–Trinajstić information content (AvgIpc) is 2.85. The number of nitrogens with one attached hydrogen (secondary N) is 1. The molecule has 0 unspecified atom stereocenters. The van der Waals surface area contributed by atoms with Gasteiger partial charge in [0.15, 0.2) is 0 Å². The number of benzene rings is 2. The topological polar surface area (TPSA) is 42.8 Å². The summed E-state index contributed by atoms with van der Waals surface area (Å²) in [6.07, 6.45) is 0. The quantitative estimate of drug-likeness (QED) is 0.752. The zero-order chi connectivity index (χ0) is 15.9. The Morgan fingerprint density at radius 1 is 1.14 bits per heavy atom.